The minimum Gasteiger partial charge on any atom is -0.366 e. The second-order valence-electron chi connectivity index (χ2n) is 3.02. The SMILES string of the molecule is Cc1cccc(C=CC(N)=O)c1C. The molecule has 0 aliphatic heterocycles. The van der Waals surface area contributed by atoms with E-state index in [0.29, 0.717) is 0 Å². The number of aryl methyl sites for hydroxylation is 1. The van der Waals surface area contributed by atoms with E-state index in [1.807, 2.05) is 32.0 Å². The van der Waals surface area contributed by atoms with Crippen LogP contribution in [0.5, 0.6) is 0 Å². The third kappa shape index (κ3) is 2.44. The van der Waals surface area contributed by atoms with Crippen LogP contribution in [-0.4, -0.2) is 5.91 Å². The molecule has 0 unspecified atom stereocenters. The van der Waals surface area contributed by atoms with E-state index in [9.17, 15) is 4.79 Å². The monoisotopic (exact) mass is 175 g/mol. The van der Waals surface area contributed by atoms with Crippen LogP contribution in [0.3, 0.4) is 0 Å². The maximum absolute atomic E-state index is 10.5. The summed E-state index contributed by atoms with van der Waals surface area (Å²) in [6, 6.07) is 5.96. The Hall–Kier alpha value is -1.57. The first kappa shape index (κ1) is 9.52. The number of hydrogen-bond donors (Lipinski definition) is 1. The lowest BCUT2D eigenvalue weighted by atomic mass is 10.0. The van der Waals surface area contributed by atoms with Crippen molar-refractivity contribution in [1.29, 1.82) is 0 Å². The highest BCUT2D eigenvalue weighted by Crippen LogP contribution is 2.13. The maximum Gasteiger partial charge on any atom is 0.241 e. The zero-order valence-corrected chi connectivity index (χ0v) is 7.87. The van der Waals surface area contributed by atoms with Gasteiger partial charge >= 0.3 is 0 Å². The Morgan fingerprint density at radius 1 is 1.38 bits per heavy atom. The first-order chi connectivity index (χ1) is 6.11. The molecular weight excluding hydrogens is 162 g/mol. The van der Waals surface area contributed by atoms with Gasteiger partial charge < -0.3 is 5.73 Å². The predicted molar refractivity (Wildman–Crippen MR) is 54.1 cm³/mol. The number of rotatable bonds is 2. The summed E-state index contributed by atoms with van der Waals surface area (Å²) in [7, 11) is 0. The number of amides is 1. The van der Waals surface area contributed by atoms with Crippen LogP contribution < -0.4 is 5.73 Å². The minimum atomic E-state index is -0.416. The molecule has 0 saturated heterocycles. The molecule has 0 bridgehead atoms. The lowest BCUT2D eigenvalue weighted by Crippen LogP contribution is -2.05. The Kier molecular flexibility index (Phi) is 2.85. The number of carbonyl (C=O) groups is 1. The average molecular weight is 175 g/mol. The van der Waals surface area contributed by atoms with Gasteiger partial charge in [-0.2, -0.15) is 0 Å². The molecule has 0 saturated carbocycles. The summed E-state index contributed by atoms with van der Waals surface area (Å²) in [4.78, 5) is 10.5. The van der Waals surface area contributed by atoms with Gasteiger partial charge in [-0.3, -0.25) is 4.79 Å². The zero-order chi connectivity index (χ0) is 9.84. The molecule has 1 aromatic carbocycles. The summed E-state index contributed by atoms with van der Waals surface area (Å²) in [6.45, 7) is 4.06. The fourth-order valence-electron chi connectivity index (χ4n) is 1.13. The van der Waals surface area contributed by atoms with E-state index in [-0.39, 0.29) is 0 Å². The largest absolute Gasteiger partial charge is 0.366 e. The number of primary amides is 1. The van der Waals surface area contributed by atoms with Crippen molar-refractivity contribution in [2.75, 3.05) is 0 Å². The van der Waals surface area contributed by atoms with E-state index in [1.165, 1.54) is 17.2 Å². The number of hydrogen-bond acceptors (Lipinski definition) is 1. The normalized spacial score (nSPS) is 10.6. The number of benzene rings is 1. The third-order valence-electron chi connectivity index (χ3n) is 2.07. The molecular formula is C11H13NO. The Bertz CT molecular complexity index is 353. The van der Waals surface area contributed by atoms with Crippen LogP contribution in [-0.2, 0) is 4.79 Å². The van der Waals surface area contributed by atoms with Gasteiger partial charge in [0.15, 0.2) is 0 Å². The van der Waals surface area contributed by atoms with Crippen LogP contribution >= 0.6 is 0 Å². The maximum atomic E-state index is 10.5. The summed E-state index contributed by atoms with van der Waals surface area (Å²) in [5.41, 5.74) is 8.44. The Balaban J connectivity index is 3.02. The molecule has 2 heteroatoms. The Morgan fingerprint density at radius 3 is 2.69 bits per heavy atom. The standard InChI is InChI=1S/C11H13NO/c1-8-4-3-5-10(9(8)2)6-7-11(12)13/h3-7H,1-2H3,(H2,12,13). The molecule has 1 rings (SSSR count). The van der Waals surface area contributed by atoms with E-state index in [0.717, 1.165) is 5.56 Å². The van der Waals surface area contributed by atoms with Crippen molar-refractivity contribution in [2.45, 2.75) is 13.8 Å². The summed E-state index contributed by atoms with van der Waals surface area (Å²) < 4.78 is 0. The molecule has 0 fully saturated rings. The number of carbonyl (C=O) groups excluding carboxylic acids is 1. The lowest BCUT2D eigenvalue weighted by Gasteiger charge is -2.02. The second-order valence-corrected chi connectivity index (χ2v) is 3.02. The molecule has 0 radical (unpaired) electrons. The molecule has 0 atom stereocenters. The molecule has 0 spiro atoms. The van der Waals surface area contributed by atoms with E-state index < -0.39 is 5.91 Å². The highest BCUT2D eigenvalue weighted by Gasteiger charge is 1.96. The molecule has 13 heavy (non-hydrogen) atoms. The molecule has 1 amide bonds. The van der Waals surface area contributed by atoms with E-state index in [4.69, 9.17) is 5.73 Å². The van der Waals surface area contributed by atoms with E-state index in [1.54, 1.807) is 6.08 Å². The fraction of sp³-hybridized carbons (Fsp3) is 0.182. The van der Waals surface area contributed by atoms with Crippen molar-refractivity contribution < 1.29 is 4.79 Å². The van der Waals surface area contributed by atoms with Crippen LogP contribution in [0.1, 0.15) is 16.7 Å². The van der Waals surface area contributed by atoms with Gasteiger partial charge in [0.25, 0.3) is 0 Å². The van der Waals surface area contributed by atoms with E-state index >= 15 is 0 Å². The highest BCUT2D eigenvalue weighted by atomic mass is 16.1. The molecule has 0 aliphatic carbocycles. The van der Waals surface area contributed by atoms with Crippen LogP contribution in [0.25, 0.3) is 6.08 Å². The lowest BCUT2D eigenvalue weighted by molar-refractivity contribution is -0.113. The van der Waals surface area contributed by atoms with E-state index in [2.05, 4.69) is 0 Å². The van der Waals surface area contributed by atoms with Gasteiger partial charge in [-0.05, 0) is 36.6 Å². The van der Waals surface area contributed by atoms with Crippen molar-refractivity contribution in [2.24, 2.45) is 5.73 Å². The smallest absolute Gasteiger partial charge is 0.241 e. The summed E-state index contributed by atoms with van der Waals surface area (Å²) in [5.74, 6) is -0.416. The molecule has 0 aromatic heterocycles. The van der Waals surface area contributed by atoms with Crippen LogP contribution in [0.4, 0.5) is 0 Å². The second kappa shape index (κ2) is 3.90. The van der Waals surface area contributed by atoms with Crippen LogP contribution in [0, 0.1) is 13.8 Å². The van der Waals surface area contributed by atoms with Crippen LogP contribution in [0.15, 0.2) is 24.3 Å². The molecule has 2 N–H and O–H groups in total. The highest BCUT2D eigenvalue weighted by molar-refractivity contribution is 5.90. The van der Waals surface area contributed by atoms with Gasteiger partial charge in [0.1, 0.15) is 0 Å². The molecule has 0 heterocycles. The van der Waals surface area contributed by atoms with Crippen molar-refractivity contribution in [3.8, 4) is 0 Å². The van der Waals surface area contributed by atoms with Gasteiger partial charge in [0.05, 0.1) is 0 Å². The summed E-state index contributed by atoms with van der Waals surface area (Å²) in [6.07, 6.45) is 3.12. The molecule has 1 aromatic rings. The molecule has 0 aliphatic rings. The van der Waals surface area contributed by atoms with Crippen molar-refractivity contribution in [3.05, 3.63) is 41.0 Å². The van der Waals surface area contributed by atoms with Gasteiger partial charge in [-0.1, -0.05) is 18.2 Å². The average Bonchev–Trinajstić information content (AvgIpc) is 2.07. The zero-order valence-electron chi connectivity index (χ0n) is 7.87. The summed E-state index contributed by atoms with van der Waals surface area (Å²) in [5, 5.41) is 0. The van der Waals surface area contributed by atoms with Gasteiger partial charge in [0, 0.05) is 6.08 Å². The fourth-order valence-corrected chi connectivity index (χ4v) is 1.13. The third-order valence-corrected chi connectivity index (χ3v) is 2.07. The quantitative estimate of drug-likeness (QED) is 0.684. The molecule has 2 nitrogen and oxygen atoms in total. The van der Waals surface area contributed by atoms with Crippen molar-refractivity contribution >= 4 is 12.0 Å². The van der Waals surface area contributed by atoms with Crippen molar-refractivity contribution in [1.82, 2.24) is 0 Å². The Labute approximate surface area is 78.1 Å². The first-order valence-electron chi connectivity index (χ1n) is 4.15. The van der Waals surface area contributed by atoms with Gasteiger partial charge in [-0.25, -0.2) is 0 Å². The minimum absolute atomic E-state index is 0.416. The number of nitrogens with two attached hydrogens (primary N) is 1. The predicted octanol–water partition coefficient (Wildman–Crippen LogP) is 1.80. The first-order valence-corrected chi connectivity index (χ1v) is 4.15. The summed E-state index contributed by atoms with van der Waals surface area (Å²) >= 11 is 0. The van der Waals surface area contributed by atoms with Gasteiger partial charge in [0.2, 0.25) is 5.91 Å². The van der Waals surface area contributed by atoms with Crippen molar-refractivity contribution in [3.63, 3.8) is 0 Å². The Morgan fingerprint density at radius 2 is 2.08 bits per heavy atom. The topological polar surface area (TPSA) is 43.1 Å². The van der Waals surface area contributed by atoms with Crippen LogP contribution in [0.2, 0.25) is 0 Å². The van der Waals surface area contributed by atoms with Gasteiger partial charge in [-0.15, -0.1) is 0 Å². The molecule has 68 valence electrons.